The second-order valence-electron chi connectivity index (χ2n) is 6.49. The lowest BCUT2D eigenvalue weighted by Gasteiger charge is -2.40. The molecule has 0 aromatic carbocycles. The molecule has 0 fully saturated rings. The zero-order valence-electron chi connectivity index (χ0n) is 13.5. The van der Waals surface area contributed by atoms with E-state index < -0.39 is 17.6 Å². The van der Waals surface area contributed by atoms with E-state index in [0.29, 0.717) is 18.6 Å². The van der Waals surface area contributed by atoms with Gasteiger partial charge in [-0.15, -0.1) is 0 Å². The van der Waals surface area contributed by atoms with E-state index in [1.165, 1.54) is 4.90 Å². The van der Waals surface area contributed by atoms with Crippen LogP contribution in [-0.4, -0.2) is 50.9 Å². The Morgan fingerprint density at radius 3 is 2.19 bits per heavy atom. The van der Waals surface area contributed by atoms with Crippen LogP contribution < -0.4 is 0 Å². The summed E-state index contributed by atoms with van der Waals surface area (Å²) in [6, 6.07) is -0.907. The summed E-state index contributed by atoms with van der Waals surface area (Å²) in [4.78, 5) is 25.5. The maximum atomic E-state index is 12.5. The SMILES string of the molecule is CC(CO)C[C@@H](C(=O)O)N(C(=O)CCCCS)C(C)(C)C. The predicted molar refractivity (Wildman–Crippen MR) is 86.6 cm³/mol. The zero-order valence-corrected chi connectivity index (χ0v) is 14.4. The Balaban J connectivity index is 5.16. The molecular weight excluding hydrogens is 290 g/mol. The molecule has 0 aliphatic carbocycles. The number of carboxylic acid groups (broad SMARTS) is 1. The van der Waals surface area contributed by atoms with Crippen molar-refractivity contribution in [3.8, 4) is 0 Å². The first-order valence-corrected chi connectivity index (χ1v) is 8.05. The third-order valence-corrected chi connectivity index (χ3v) is 3.64. The van der Waals surface area contributed by atoms with Crippen molar-refractivity contribution in [1.82, 2.24) is 4.90 Å². The molecule has 0 spiro atoms. The van der Waals surface area contributed by atoms with Gasteiger partial charge in [0, 0.05) is 18.6 Å². The van der Waals surface area contributed by atoms with Gasteiger partial charge in [0.25, 0.3) is 0 Å². The van der Waals surface area contributed by atoms with Crippen LogP contribution in [-0.2, 0) is 9.59 Å². The van der Waals surface area contributed by atoms with Crippen molar-refractivity contribution >= 4 is 24.5 Å². The van der Waals surface area contributed by atoms with Gasteiger partial charge in [0.05, 0.1) is 0 Å². The van der Waals surface area contributed by atoms with Crippen molar-refractivity contribution in [1.29, 1.82) is 0 Å². The Labute approximate surface area is 133 Å². The second kappa shape index (κ2) is 9.30. The number of aliphatic hydroxyl groups is 1. The first kappa shape index (κ1) is 20.2. The number of nitrogens with zero attached hydrogens (tertiary/aromatic N) is 1. The van der Waals surface area contributed by atoms with E-state index in [4.69, 9.17) is 5.11 Å². The van der Waals surface area contributed by atoms with Crippen LogP contribution in [0.2, 0.25) is 0 Å². The Morgan fingerprint density at radius 2 is 1.81 bits per heavy atom. The zero-order chi connectivity index (χ0) is 16.6. The molecule has 124 valence electrons. The van der Waals surface area contributed by atoms with Crippen molar-refractivity contribution in [2.45, 2.75) is 65.0 Å². The molecule has 2 N–H and O–H groups in total. The summed E-state index contributed by atoms with van der Waals surface area (Å²) < 4.78 is 0. The monoisotopic (exact) mass is 319 g/mol. The van der Waals surface area contributed by atoms with Gasteiger partial charge in [0.15, 0.2) is 0 Å². The molecule has 1 unspecified atom stereocenters. The van der Waals surface area contributed by atoms with E-state index >= 15 is 0 Å². The highest BCUT2D eigenvalue weighted by atomic mass is 32.1. The lowest BCUT2D eigenvalue weighted by Crippen LogP contribution is -2.55. The minimum Gasteiger partial charge on any atom is -0.480 e. The quantitative estimate of drug-likeness (QED) is 0.450. The minimum absolute atomic E-state index is 0.0877. The van der Waals surface area contributed by atoms with Crippen molar-refractivity contribution in [3.63, 3.8) is 0 Å². The number of aliphatic carboxylic acids is 1. The van der Waals surface area contributed by atoms with Crippen molar-refractivity contribution in [2.75, 3.05) is 12.4 Å². The van der Waals surface area contributed by atoms with Crippen LogP contribution >= 0.6 is 12.6 Å². The molecular formula is C15H29NO4S. The van der Waals surface area contributed by atoms with Gasteiger partial charge >= 0.3 is 5.97 Å². The maximum Gasteiger partial charge on any atom is 0.326 e. The number of carbonyl (C=O) groups is 2. The number of unbranched alkanes of at least 4 members (excludes halogenated alkanes) is 1. The van der Waals surface area contributed by atoms with Crippen molar-refractivity contribution in [2.24, 2.45) is 5.92 Å². The van der Waals surface area contributed by atoms with Gasteiger partial charge in [0.1, 0.15) is 6.04 Å². The summed E-state index contributed by atoms with van der Waals surface area (Å²) >= 11 is 4.12. The van der Waals surface area contributed by atoms with Gasteiger partial charge in [-0.1, -0.05) is 6.92 Å². The highest BCUT2D eigenvalue weighted by Gasteiger charge is 2.37. The third kappa shape index (κ3) is 7.18. The molecule has 0 bridgehead atoms. The van der Waals surface area contributed by atoms with Gasteiger partial charge in [0.2, 0.25) is 5.91 Å². The van der Waals surface area contributed by atoms with E-state index in [-0.39, 0.29) is 24.9 Å². The summed E-state index contributed by atoms with van der Waals surface area (Å²) in [6.45, 7) is 7.20. The van der Waals surface area contributed by atoms with Crippen LogP contribution in [0.25, 0.3) is 0 Å². The predicted octanol–water partition coefficient (Wildman–Crippen LogP) is 2.19. The number of carboxylic acids is 1. The molecule has 0 radical (unpaired) electrons. The summed E-state index contributed by atoms with van der Waals surface area (Å²) in [5.74, 6) is -0.622. The number of rotatable bonds is 9. The molecule has 6 heteroatoms. The Bertz CT molecular complexity index is 341. The molecule has 5 nitrogen and oxygen atoms in total. The topological polar surface area (TPSA) is 77.8 Å². The molecule has 0 aromatic rings. The normalized spacial score (nSPS) is 14.6. The average Bonchev–Trinajstić information content (AvgIpc) is 2.36. The molecule has 2 atom stereocenters. The molecule has 0 saturated carbocycles. The Kier molecular flexibility index (Phi) is 8.97. The number of aliphatic hydroxyl groups excluding tert-OH is 1. The summed E-state index contributed by atoms with van der Waals surface area (Å²) in [5.41, 5.74) is -0.573. The van der Waals surface area contributed by atoms with Crippen LogP contribution in [0.5, 0.6) is 0 Å². The highest BCUT2D eigenvalue weighted by molar-refractivity contribution is 7.80. The van der Waals surface area contributed by atoms with E-state index in [1.807, 2.05) is 20.8 Å². The van der Waals surface area contributed by atoms with Gasteiger partial charge < -0.3 is 15.1 Å². The van der Waals surface area contributed by atoms with E-state index in [9.17, 15) is 14.7 Å². The van der Waals surface area contributed by atoms with Gasteiger partial charge in [-0.05, 0) is 51.7 Å². The first-order chi connectivity index (χ1) is 9.65. The van der Waals surface area contributed by atoms with E-state index in [0.717, 1.165) is 6.42 Å². The van der Waals surface area contributed by atoms with Gasteiger partial charge in [-0.3, -0.25) is 4.79 Å². The Morgan fingerprint density at radius 1 is 1.24 bits per heavy atom. The molecule has 1 amide bonds. The first-order valence-electron chi connectivity index (χ1n) is 7.41. The number of thiol groups is 1. The van der Waals surface area contributed by atoms with Crippen LogP contribution in [0.1, 0.15) is 53.4 Å². The molecule has 0 aliphatic rings. The summed E-state index contributed by atoms with van der Waals surface area (Å²) in [5, 5.41) is 18.6. The molecule has 0 rings (SSSR count). The number of amides is 1. The molecule has 21 heavy (non-hydrogen) atoms. The van der Waals surface area contributed by atoms with Crippen LogP contribution in [0, 0.1) is 5.92 Å². The molecule has 0 heterocycles. The lowest BCUT2D eigenvalue weighted by molar-refractivity contribution is -0.156. The van der Waals surface area contributed by atoms with Crippen LogP contribution in [0.3, 0.4) is 0 Å². The van der Waals surface area contributed by atoms with Gasteiger partial charge in [-0.25, -0.2) is 4.79 Å². The number of carbonyl (C=O) groups excluding carboxylic acids is 1. The Hall–Kier alpha value is -0.750. The van der Waals surface area contributed by atoms with E-state index in [2.05, 4.69) is 12.6 Å². The fourth-order valence-corrected chi connectivity index (χ4v) is 2.52. The number of hydrogen-bond acceptors (Lipinski definition) is 4. The van der Waals surface area contributed by atoms with Crippen molar-refractivity contribution < 1.29 is 19.8 Å². The van der Waals surface area contributed by atoms with Crippen LogP contribution in [0.15, 0.2) is 0 Å². The second-order valence-corrected chi connectivity index (χ2v) is 6.94. The van der Waals surface area contributed by atoms with Gasteiger partial charge in [-0.2, -0.15) is 12.6 Å². The van der Waals surface area contributed by atoms with Crippen molar-refractivity contribution in [3.05, 3.63) is 0 Å². The van der Waals surface area contributed by atoms with Crippen LogP contribution in [0.4, 0.5) is 0 Å². The molecule has 0 aliphatic heterocycles. The minimum atomic E-state index is -1.02. The summed E-state index contributed by atoms with van der Waals surface area (Å²) in [6.07, 6.45) is 2.12. The average molecular weight is 319 g/mol. The fourth-order valence-electron chi connectivity index (χ4n) is 2.30. The summed E-state index contributed by atoms with van der Waals surface area (Å²) in [7, 11) is 0. The largest absolute Gasteiger partial charge is 0.480 e. The molecule has 0 aromatic heterocycles. The fraction of sp³-hybridized carbons (Fsp3) is 0.867. The smallest absolute Gasteiger partial charge is 0.326 e. The maximum absolute atomic E-state index is 12.5. The standard InChI is InChI=1S/C15H29NO4S/c1-11(10-17)9-12(14(19)20)16(15(2,3)4)13(18)7-5-6-8-21/h11-12,17,21H,5-10H2,1-4H3,(H,19,20)/t11?,12-/m0/s1. The number of hydrogen-bond donors (Lipinski definition) is 3. The molecule has 0 saturated heterocycles. The lowest BCUT2D eigenvalue weighted by atomic mass is 9.95. The van der Waals surface area contributed by atoms with E-state index in [1.54, 1.807) is 6.92 Å². The highest BCUT2D eigenvalue weighted by Crippen LogP contribution is 2.24. The third-order valence-electron chi connectivity index (χ3n) is 3.32.